The zero-order chi connectivity index (χ0) is 15.6. The summed E-state index contributed by atoms with van der Waals surface area (Å²) in [6.07, 6.45) is 3.70. The van der Waals surface area contributed by atoms with Gasteiger partial charge < -0.3 is 5.11 Å². The van der Waals surface area contributed by atoms with E-state index in [1.807, 2.05) is 0 Å². The number of aliphatic hydroxyl groups excluding tert-OH is 1. The van der Waals surface area contributed by atoms with E-state index in [2.05, 4.69) is 11.6 Å². The highest BCUT2D eigenvalue weighted by molar-refractivity contribution is 7.89. The molecule has 0 heterocycles. The highest BCUT2D eigenvalue weighted by atomic mass is 35.5. The lowest BCUT2D eigenvalue weighted by atomic mass is 9.88. The molecule has 0 aliphatic heterocycles. The van der Waals surface area contributed by atoms with Gasteiger partial charge in [0.05, 0.1) is 11.6 Å². The van der Waals surface area contributed by atoms with E-state index in [1.165, 1.54) is 12.1 Å². The summed E-state index contributed by atoms with van der Waals surface area (Å²) in [6.45, 7) is 1.77. The van der Waals surface area contributed by atoms with E-state index in [1.54, 1.807) is 0 Å². The van der Waals surface area contributed by atoms with Gasteiger partial charge >= 0.3 is 0 Å². The maximum absolute atomic E-state index is 12.5. The fourth-order valence-electron chi connectivity index (χ4n) is 2.59. The van der Waals surface area contributed by atoms with Gasteiger partial charge in [-0.2, -0.15) is 0 Å². The molecule has 0 amide bonds. The van der Waals surface area contributed by atoms with E-state index in [4.69, 9.17) is 23.2 Å². The molecule has 0 bridgehead atoms. The van der Waals surface area contributed by atoms with Crippen molar-refractivity contribution >= 4 is 33.2 Å². The van der Waals surface area contributed by atoms with Gasteiger partial charge in [-0.3, -0.25) is 0 Å². The van der Waals surface area contributed by atoms with Crippen LogP contribution in [0.3, 0.4) is 0 Å². The van der Waals surface area contributed by atoms with Crippen LogP contribution in [0.15, 0.2) is 17.0 Å². The maximum Gasteiger partial charge on any atom is 0.242 e. The smallest absolute Gasteiger partial charge is 0.242 e. The average molecular weight is 352 g/mol. The monoisotopic (exact) mass is 351 g/mol. The van der Waals surface area contributed by atoms with E-state index in [-0.39, 0.29) is 26.5 Å². The average Bonchev–Trinajstić information content (AvgIpc) is 2.41. The van der Waals surface area contributed by atoms with E-state index in [0.717, 1.165) is 25.7 Å². The fourth-order valence-corrected chi connectivity index (χ4v) is 4.79. The third kappa shape index (κ3) is 3.90. The van der Waals surface area contributed by atoms with Crippen LogP contribution >= 0.6 is 23.2 Å². The van der Waals surface area contributed by atoms with Gasteiger partial charge in [-0.1, -0.05) is 30.1 Å². The van der Waals surface area contributed by atoms with Crippen LogP contribution in [0.25, 0.3) is 0 Å². The van der Waals surface area contributed by atoms with Crippen molar-refractivity contribution in [3.63, 3.8) is 0 Å². The first kappa shape index (κ1) is 17.0. The van der Waals surface area contributed by atoms with Crippen LogP contribution in [-0.2, 0) is 16.6 Å². The van der Waals surface area contributed by atoms with Crippen molar-refractivity contribution in [2.75, 3.05) is 0 Å². The van der Waals surface area contributed by atoms with Crippen LogP contribution in [0.1, 0.15) is 38.2 Å². The molecule has 4 nitrogen and oxygen atoms in total. The lowest BCUT2D eigenvalue weighted by Crippen LogP contribution is -2.37. The van der Waals surface area contributed by atoms with Crippen LogP contribution in [0.4, 0.5) is 0 Å². The molecular formula is C14H19Cl2NO3S. The van der Waals surface area contributed by atoms with Crippen molar-refractivity contribution in [3.05, 3.63) is 27.7 Å². The van der Waals surface area contributed by atoms with Gasteiger partial charge in [0.2, 0.25) is 10.0 Å². The fraction of sp³-hybridized carbons (Fsp3) is 0.571. The molecular weight excluding hydrogens is 333 g/mol. The number of nitrogens with one attached hydrogen (secondary N) is 1. The number of halogens is 2. The Morgan fingerprint density at radius 3 is 2.43 bits per heavy atom. The number of hydrogen-bond donors (Lipinski definition) is 2. The summed E-state index contributed by atoms with van der Waals surface area (Å²) >= 11 is 12.0. The molecule has 1 saturated carbocycles. The van der Waals surface area contributed by atoms with Crippen LogP contribution in [0.5, 0.6) is 0 Å². The molecule has 0 aromatic heterocycles. The lowest BCUT2D eigenvalue weighted by Gasteiger charge is -2.27. The summed E-state index contributed by atoms with van der Waals surface area (Å²) in [7, 11) is -3.71. The summed E-state index contributed by atoms with van der Waals surface area (Å²) in [4.78, 5) is -0.0313. The second-order valence-corrected chi connectivity index (χ2v) is 8.04. The Balaban J connectivity index is 2.24. The topological polar surface area (TPSA) is 66.4 Å². The third-order valence-corrected chi connectivity index (χ3v) is 6.40. The molecule has 1 aromatic rings. The standard InChI is InChI=1S/C14H19Cl2NO3S/c1-9-2-4-10(5-3-9)17-21(19,20)13-7-6-12(15)11(8-18)14(13)16/h6-7,9-10,17-18H,2-5,8H2,1H3. The minimum atomic E-state index is -3.71. The molecule has 0 unspecified atom stereocenters. The molecule has 0 atom stereocenters. The summed E-state index contributed by atoms with van der Waals surface area (Å²) < 4.78 is 27.6. The summed E-state index contributed by atoms with van der Waals surface area (Å²) in [5.41, 5.74) is 0.235. The first-order chi connectivity index (χ1) is 9.85. The van der Waals surface area contributed by atoms with Gasteiger partial charge in [-0.05, 0) is 43.7 Å². The van der Waals surface area contributed by atoms with E-state index >= 15 is 0 Å². The second kappa shape index (κ2) is 6.84. The molecule has 7 heteroatoms. The number of benzene rings is 1. The van der Waals surface area contributed by atoms with Crippen molar-refractivity contribution in [2.45, 2.75) is 50.2 Å². The number of sulfonamides is 1. The van der Waals surface area contributed by atoms with Crippen molar-refractivity contribution in [1.29, 1.82) is 0 Å². The van der Waals surface area contributed by atoms with Gasteiger partial charge in [-0.25, -0.2) is 13.1 Å². The van der Waals surface area contributed by atoms with Gasteiger partial charge in [0.15, 0.2) is 0 Å². The Labute approximate surface area is 135 Å². The number of hydrogen-bond acceptors (Lipinski definition) is 3. The zero-order valence-electron chi connectivity index (χ0n) is 11.8. The quantitative estimate of drug-likeness (QED) is 0.873. The Kier molecular flexibility index (Phi) is 5.54. The minimum Gasteiger partial charge on any atom is -0.392 e. The first-order valence-electron chi connectivity index (χ1n) is 6.95. The molecule has 2 rings (SSSR count). The maximum atomic E-state index is 12.5. The highest BCUT2D eigenvalue weighted by Crippen LogP contribution is 2.32. The molecule has 118 valence electrons. The normalized spacial score (nSPS) is 23.2. The van der Waals surface area contributed by atoms with Crippen LogP contribution in [0.2, 0.25) is 10.0 Å². The molecule has 1 fully saturated rings. The molecule has 21 heavy (non-hydrogen) atoms. The first-order valence-corrected chi connectivity index (χ1v) is 9.19. The molecule has 0 saturated heterocycles. The van der Waals surface area contributed by atoms with Gasteiger partial charge in [-0.15, -0.1) is 0 Å². The predicted molar refractivity (Wildman–Crippen MR) is 84.1 cm³/mol. The molecule has 1 aliphatic rings. The summed E-state index contributed by atoms with van der Waals surface area (Å²) in [6, 6.07) is 2.75. The van der Waals surface area contributed by atoms with Crippen molar-refractivity contribution in [3.8, 4) is 0 Å². The van der Waals surface area contributed by atoms with Crippen molar-refractivity contribution < 1.29 is 13.5 Å². The molecule has 0 radical (unpaired) electrons. The Morgan fingerprint density at radius 2 is 1.86 bits per heavy atom. The summed E-state index contributed by atoms with van der Waals surface area (Å²) in [5.74, 6) is 0.644. The zero-order valence-corrected chi connectivity index (χ0v) is 14.1. The van der Waals surface area contributed by atoms with Crippen LogP contribution < -0.4 is 4.72 Å². The Bertz CT molecular complexity index is 611. The predicted octanol–water partition coefficient (Wildman–Crippen LogP) is 3.34. The molecule has 1 aliphatic carbocycles. The van der Waals surface area contributed by atoms with E-state index < -0.39 is 16.6 Å². The Morgan fingerprint density at radius 1 is 1.24 bits per heavy atom. The van der Waals surface area contributed by atoms with Crippen molar-refractivity contribution in [1.82, 2.24) is 4.72 Å². The minimum absolute atomic E-state index is 0.0123. The van der Waals surface area contributed by atoms with Crippen molar-refractivity contribution in [2.24, 2.45) is 5.92 Å². The van der Waals surface area contributed by atoms with Gasteiger partial charge in [0, 0.05) is 16.6 Å². The van der Waals surface area contributed by atoms with Crippen LogP contribution in [0, 0.1) is 5.92 Å². The van der Waals surface area contributed by atoms with Gasteiger partial charge in [0.25, 0.3) is 0 Å². The third-order valence-electron chi connectivity index (χ3n) is 3.94. The molecule has 0 spiro atoms. The summed E-state index contributed by atoms with van der Waals surface area (Å²) in [5, 5.41) is 9.50. The van der Waals surface area contributed by atoms with Gasteiger partial charge in [0.1, 0.15) is 4.90 Å². The largest absolute Gasteiger partial charge is 0.392 e. The molecule has 1 aromatic carbocycles. The SMILES string of the molecule is CC1CCC(NS(=O)(=O)c2ccc(Cl)c(CO)c2Cl)CC1. The lowest BCUT2D eigenvalue weighted by molar-refractivity contribution is 0.281. The van der Waals surface area contributed by atoms with E-state index in [0.29, 0.717) is 5.92 Å². The number of rotatable bonds is 4. The molecule has 2 N–H and O–H groups in total. The Hall–Kier alpha value is -0.330. The number of aliphatic hydroxyl groups is 1. The highest BCUT2D eigenvalue weighted by Gasteiger charge is 2.26. The van der Waals surface area contributed by atoms with E-state index in [9.17, 15) is 13.5 Å². The van der Waals surface area contributed by atoms with Crippen LogP contribution in [-0.4, -0.2) is 19.6 Å². The second-order valence-electron chi connectivity index (χ2n) is 5.57.